The molecule has 0 bridgehead atoms. The number of aryl methyl sites for hydroxylation is 1. The fourth-order valence-corrected chi connectivity index (χ4v) is 3.21. The van der Waals surface area contributed by atoms with Crippen molar-refractivity contribution in [2.24, 2.45) is 0 Å². The van der Waals surface area contributed by atoms with Gasteiger partial charge in [-0.15, -0.1) is 0 Å². The Morgan fingerprint density at radius 1 is 0.800 bits per heavy atom. The summed E-state index contributed by atoms with van der Waals surface area (Å²) in [5.41, 5.74) is 4.39. The summed E-state index contributed by atoms with van der Waals surface area (Å²) in [4.78, 5) is 0. The van der Waals surface area contributed by atoms with Crippen LogP contribution in [0.15, 0.2) is 12.1 Å². The lowest BCUT2D eigenvalue weighted by molar-refractivity contribution is 0.602. The molecule has 1 nitrogen and oxygen atoms in total. The van der Waals surface area contributed by atoms with Crippen LogP contribution in [-0.2, 0) is 23.8 Å². The highest BCUT2D eigenvalue weighted by molar-refractivity contribution is 7.34. The Morgan fingerprint density at radius 2 is 1.35 bits per heavy atom. The molecule has 1 aromatic carbocycles. The summed E-state index contributed by atoms with van der Waals surface area (Å²) in [6.45, 7) is 6.71. The Kier molecular flexibility index (Phi) is 8.78. The van der Waals surface area contributed by atoms with Gasteiger partial charge in [0.15, 0.2) is 8.46 Å². The van der Waals surface area contributed by atoms with Crippen molar-refractivity contribution in [3.8, 4) is 0 Å². The van der Waals surface area contributed by atoms with E-state index in [0.29, 0.717) is 0 Å². The monoisotopic (exact) mass is 292 g/mol. The largest absolute Gasteiger partial charge is 0.269 e. The van der Waals surface area contributed by atoms with E-state index in [9.17, 15) is 4.57 Å². The molecule has 0 aliphatic rings. The van der Waals surface area contributed by atoms with Crippen molar-refractivity contribution in [3.63, 3.8) is 0 Å². The van der Waals surface area contributed by atoms with E-state index in [1.807, 2.05) is 0 Å². The molecule has 0 radical (unpaired) electrons. The molecule has 0 aliphatic carbocycles. The van der Waals surface area contributed by atoms with Crippen molar-refractivity contribution >= 4 is 13.8 Å². The van der Waals surface area contributed by atoms with E-state index < -0.39 is 0 Å². The summed E-state index contributed by atoms with van der Waals surface area (Å²) >= 11 is 0. The van der Waals surface area contributed by atoms with E-state index in [2.05, 4.69) is 32.9 Å². The fourth-order valence-electron chi connectivity index (χ4n) is 2.71. The third kappa shape index (κ3) is 5.02. The predicted octanol–water partition coefficient (Wildman–Crippen LogP) is 5.63. The summed E-state index contributed by atoms with van der Waals surface area (Å²) in [6, 6.07) is 4.30. The maximum atomic E-state index is 11.4. The van der Waals surface area contributed by atoms with Gasteiger partial charge in [-0.3, -0.25) is 4.57 Å². The quantitative estimate of drug-likeness (QED) is 0.511. The summed E-state index contributed by atoms with van der Waals surface area (Å²) in [7, 11) is 0.183. The average Bonchev–Trinajstić information content (AvgIpc) is 2.48. The molecular formula is C18H29OP. The zero-order valence-electron chi connectivity index (χ0n) is 13.4. The summed E-state index contributed by atoms with van der Waals surface area (Å²) in [5, 5.41) is 1.02. The van der Waals surface area contributed by atoms with Gasteiger partial charge in [0.2, 0.25) is 0 Å². The molecule has 0 unspecified atom stereocenters. The van der Waals surface area contributed by atoms with E-state index in [-0.39, 0.29) is 8.46 Å². The average molecular weight is 292 g/mol. The zero-order chi connectivity index (χ0) is 14.8. The number of hydrogen-bond donors (Lipinski definition) is 0. The maximum absolute atomic E-state index is 11.4. The Morgan fingerprint density at radius 3 is 1.90 bits per heavy atom. The lowest BCUT2D eigenvalue weighted by Crippen LogP contribution is -2.11. The Bertz CT molecular complexity index is 412. The van der Waals surface area contributed by atoms with Gasteiger partial charge in [-0.2, -0.15) is 0 Å². The molecule has 0 N–H and O–H groups in total. The van der Waals surface area contributed by atoms with Crippen molar-refractivity contribution in [1.82, 2.24) is 0 Å². The van der Waals surface area contributed by atoms with Crippen LogP contribution in [0.4, 0.5) is 0 Å². The van der Waals surface area contributed by atoms with Gasteiger partial charge in [0.25, 0.3) is 0 Å². The molecule has 20 heavy (non-hydrogen) atoms. The lowest BCUT2D eigenvalue weighted by Gasteiger charge is -2.16. The van der Waals surface area contributed by atoms with Crippen molar-refractivity contribution < 1.29 is 4.57 Å². The highest BCUT2D eigenvalue weighted by Crippen LogP contribution is 2.22. The van der Waals surface area contributed by atoms with Gasteiger partial charge in [-0.1, -0.05) is 46.1 Å². The summed E-state index contributed by atoms with van der Waals surface area (Å²) in [6.07, 6.45) is 10.7. The molecule has 0 saturated heterocycles. The van der Waals surface area contributed by atoms with E-state index in [4.69, 9.17) is 0 Å². The second kappa shape index (κ2) is 10.1. The van der Waals surface area contributed by atoms with E-state index in [0.717, 1.165) is 18.1 Å². The van der Waals surface area contributed by atoms with Crippen LogP contribution in [0.25, 0.3) is 0 Å². The minimum absolute atomic E-state index is 0.183. The predicted molar refractivity (Wildman–Crippen MR) is 89.5 cm³/mol. The number of hydrogen-bond acceptors (Lipinski definition) is 1. The number of rotatable bonds is 10. The van der Waals surface area contributed by atoms with Crippen LogP contribution in [0.2, 0.25) is 0 Å². The second-order valence-electron chi connectivity index (χ2n) is 5.60. The normalized spacial score (nSPS) is 11.2. The third-order valence-corrected chi connectivity index (χ3v) is 4.58. The smallest absolute Gasteiger partial charge is 0.192 e. The van der Waals surface area contributed by atoms with Crippen LogP contribution in [0.1, 0.15) is 76.0 Å². The standard InChI is InChI=1S/C18H29OP/c1-4-7-10-15-13-14-18(20-19)17(12-9-6-3)16(15)11-8-5-2/h13-14H,4-12H2,1-3H3. The second-order valence-corrected chi connectivity index (χ2v) is 6.27. The van der Waals surface area contributed by atoms with E-state index in [1.165, 1.54) is 61.6 Å². The van der Waals surface area contributed by atoms with Crippen molar-refractivity contribution in [3.05, 3.63) is 28.8 Å². The highest BCUT2D eigenvalue weighted by Gasteiger charge is 2.13. The molecule has 0 amide bonds. The van der Waals surface area contributed by atoms with Crippen LogP contribution in [0, 0.1) is 0 Å². The lowest BCUT2D eigenvalue weighted by atomic mass is 9.91. The molecule has 0 saturated carbocycles. The first kappa shape index (κ1) is 17.4. The molecule has 0 heterocycles. The highest BCUT2D eigenvalue weighted by atomic mass is 31.1. The van der Waals surface area contributed by atoms with Crippen LogP contribution >= 0.6 is 8.46 Å². The van der Waals surface area contributed by atoms with Gasteiger partial charge in [0.05, 0.1) is 0 Å². The zero-order valence-corrected chi connectivity index (χ0v) is 14.3. The van der Waals surface area contributed by atoms with Crippen LogP contribution < -0.4 is 5.30 Å². The third-order valence-electron chi connectivity index (χ3n) is 3.96. The Balaban J connectivity index is 3.12. The van der Waals surface area contributed by atoms with Crippen molar-refractivity contribution in [1.29, 1.82) is 0 Å². The maximum Gasteiger partial charge on any atom is 0.192 e. The molecule has 0 fully saturated rings. The first-order chi connectivity index (χ1) is 9.78. The Hall–Kier alpha value is -0.680. The molecule has 0 aliphatic heterocycles. The van der Waals surface area contributed by atoms with Crippen LogP contribution in [0.3, 0.4) is 0 Å². The van der Waals surface area contributed by atoms with Crippen LogP contribution in [0.5, 0.6) is 0 Å². The fraction of sp³-hybridized carbons (Fsp3) is 0.667. The molecule has 0 spiro atoms. The van der Waals surface area contributed by atoms with Gasteiger partial charge in [0, 0.05) is 5.30 Å². The van der Waals surface area contributed by atoms with E-state index >= 15 is 0 Å². The van der Waals surface area contributed by atoms with Crippen molar-refractivity contribution in [2.75, 3.05) is 0 Å². The molecule has 0 aromatic heterocycles. The van der Waals surface area contributed by atoms with Gasteiger partial charge in [0.1, 0.15) is 0 Å². The van der Waals surface area contributed by atoms with Gasteiger partial charge in [-0.05, 0) is 61.3 Å². The molecule has 112 valence electrons. The van der Waals surface area contributed by atoms with E-state index in [1.54, 1.807) is 0 Å². The number of benzene rings is 1. The molecule has 0 atom stereocenters. The first-order valence-electron chi connectivity index (χ1n) is 8.25. The minimum Gasteiger partial charge on any atom is -0.269 e. The summed E-state index contributed by atoms with van der Waals surface area (Å²) in [5.74, 6) is 0. The van der Waals surface area contributed by atoms with Crippen molar-refractivity contribution in [2.45, 2.75) is 78.6 Å². The molecule has 1 rings (SSSR count). The summed E-state index contributed by atoms with van der Waals surface area (Å²) < 4.78 is 11.4. The topological polar surface area (TPSA) is 17.1 Å². The van der Waals surface area contributed by atoms with Gasteiger partial charge in [-0.25, -0.2) is 0 Å². The SMILES string of the molecule is CCCCc1ccc(P=O)c(CCCC)c1CCCC. The minimum atomic E-state index is 0.183. The molecule has 2 heteroatoms. The van der Waals surface area contributed by atoms with Gasteiger partial charge < -0.3 is 0 Å². The van der Waals surface area contributed by atoms with Crippen LogP contribution in [-0.4, -0.2) is 0 Å². The number of unbranched alkanes of at least 4 members (excludes halogenated alkanes) is 3. The Labute approximate surface area is 126 Å². The molecular weight excluding hydrogens is 263 g/mol. The first-order valence-corrected chi connectivity index (χ1v) is 9.06. The van der Waals surface area contributed by atoms with Gasteiger partial charge >= 0.3 is 0 Å². The molecule has 1 aromatic rings.